The summed E-state index contributed by atoms with van der Waals surface area (Å²) in [5.41, 5.74) is 4.68. The van der Waals surface area contributed by atoms with E-state index in [1.165, 1.54) is 6.33 Å². The maximum atomic E-state index is 12.5. The Hall–Kier alpha value is -6.04. The normalized spacial score (nSPS) is 15.9. The lowest BCUT2D eigenvalue weighted by Crippen LogP contribution is -2.29. The van der Waals surface area contributed by atoms with Crippen molar-refractivity contribution < 1.29 is 33.3 Å². The van der Waals surface area contributed by atoms with Gasteiger partial charge in [-0.15, -0.1) is 0 Å². The number of nitrogens with one attached hydrogen (secondary N) is 5. The zero-order valence-electron chi connectivity index (χ0n) is 44.7. The molecular formula is C60H82N8O7S. The van der Waals surface area contributed by atoms with Gasteiger partial charge in [-0.3, -0.25) is 14.4 Å². The maximum Gasteiger partial charge on any atom is 0.220 e. The number of amides is 2. The van der Waals surface area contributed by atoms with Gasteiger partial charge in [0, 0.05) is 105 Å². The number of anilines is 4. The van der Waals surface area contributed by atoms with Gasteiger partial charge >= 0.3 is 0 Å². The molecule has 3 atom stereocenters. The molecule has 5 N–H and O–H groups in total. The monoisotopic (exact) mass is 1060 g/mol. The smallest absolute Gasteiger partial charge is 0.220 e. The van der Waals surface area contributed by atoms with Crippen molar-refractivity contribution in [3.63, 3.8) is 0 Å². The van der Waals surface area contributed by atoms with E-state index in [-0.39, 0.29) is 11.8 Å². The van der Waals surface area contributed by atoms with Gasteiger partial charge in [0.15, 0.2) is 0 Å². The van der Waals surface area contributed by atoms with Gasteiger partial charge in [0.05, 0.1) is 26.4 Å². The number of para-hydroxylation sites is 1. The second kappa shape index (κ2) is 34.6. The number of benzene rings is 3. The van der Waals surface area contributed by atoms with Crippen molar-refractivity contribution in [2.75, 3.05) is 89.3 Å². The number of rotatable bonds is 40. The Labute approximate surface area is 455 Å². The first kappa shape index (κ1) is 59.2. The van der Waals surface area contributed by atoms with E-state index in [0.717, 1.165) is 129 Å². The largest absolute Gasteiger partial charge is 0.457 e. The Morgan fingerprint density at radius 2 is 1.41 bits per heavy atom. The molecule has 2 saturated heterocycles. The Bertz CT molecular complexity index is 2410. The number of unbranched alkanes of at least 4 members (excludes halogenated alkanes) is 3. The van der Waals surface area contributed by atoms with Crippen LogP contribution >= 0.6 is 11.8 Å². The van der Waals surface area contributed by atoms with Gasteiger partial charge in [-0.25, -0.2) is 9.97 Å². The summed E-state index contributed by atoms with van der Waals surface area (Å²) < 4.78 is 22.8. The van der Waals surface area contributed by atoms with Crippen LogP contribution in [0.1, 0.15) is 95.5 Å². The van der Waals surface area contributed by atoms with Crippen LogP contribution in [-0.2, 0) is 28.6 Å². The number of Topliss-reactive ketones (excluding diaryl/α,β-unsaturated/α-hetero) is 1. The fourth-order valence-corrected chi connectivity index (χ4v) is 10.7. The van der Waals surface area contributed by atoms with Crippen LogP contribution in [-0.4, -0.2) is 122 Å². The highest BCUT2D eigenvalue weighted by Crippen LogP contribution is 2.40. The lowest BCUT2D eigenvalue weighted by Gasteiger charge is -2.15. The van der Waals surface area contributed by atoms with Crippen LogP contribution in [0.2, 0.25) is 0 Å². The van der Waals surface area contributed by atoms with Gasteiger partial charge in [0.1, 0.15) is 35.2 Å². The topological polar surface area (TPSA) is 177 Å². The SMILES string of the molecule is C=C(CCCC(=O)CCCCCN(C)C/C=C/C(=C)c1cccc(Nc2cc(Nc3ccc(Oc4ccccc4)cc3)ncn2)c1)NCCCOCCOCCOCCCNC(=O)CCCC[C@@H]1SC[C@@H]2NC(=O)C[C@@H]21. The highest BCUT2D eigenvalue weighted by atomic mass is 32.2. The van der Waals surface area contributed by atoms with Gasteiger partial charge in [-0.05, 0) is 125 Å². The molecular weight excluding hydrogens is 977 g/mol. The molecule has 0 radical (unpaired) electrons. The number of carbonyl (C=O) groups is 3. The molecule has 3 heterocycles. The Morgan fingerprint density at radius 1 is 0.724 bits per heavy atom. The minimum absolute atomic E-state index is 0.0972. The predicted molar refractivity (Wildman–Crippen MR) is 308 cm³/mol. The number of nitrogens with zero attached hydrogens (tertiary/aromatic N) is 3. The summed E-state index contributed by atoms with van der Waals surface area (Å²) in [7, 11) is 2.12. The minimum atomic E-state index is 0.0972. The number of likely N-dealkylation sites (N-methyl/N-ethyl adjacent to an activating group) is 1. The number of carbonyl (C=O) groups excluding carboxylic acids is 3. The summed E-state index contributed by atoms with van der Waals surface area (Å²) >= 11 is 1.97. The van der Waals surface area contributed by atoms with Crippen LogP contribution in [0.25, 0.3) is 5.57 Å². The highest BCUT2D eigenvalue weighted by Gasteiger charge is 2.42. The molecule has 0 unspecified atom stereocenters. The fourth-order valence-electron chi connectivity index (χ4n) is 9.01. The molecule has 2 amide bonds. The van der Waals surface area contributed by atoms with E-state index in [4.69, 9.17) is 18.9 Å². The summed E-state index contributed by atoms with van der Waals surface area (Å²) in [5.74, 6) is 4.99. The molecule has 3 aromatic carbocycles. The molecule has 0 spiro atoms. The Balaban J connectivity index is 0.680. The summed E-state index contributed by atoms with van der Waals surface area (Å²) in [4.78, 5) is 47.5. The van der Waals surface area contributed by atoms with Crippen molar-refractivity contribution in [3.05, 3.63) is 128 Å². The number of thioether (sulfide) groups is 1. The standard InChI is InChI=1S/C60H82N8O7S/c1-46(48-19-13-20-50(41-48)66-58-43-57(63-45-64-58)65-49-27-29-53(30-28-49)75-52-23-7-4-8-24-52)17-14-34-68(3)33-11-5-6-21-51(69)22-12-18-47(2)61-31-15-35-72-37-39-74-40-38-73-36-16-32-62-59(70)26-10-9-25-56-54-42-60(71)67-55(54)44-76-56/h4,7-8,13-14,17,19-20,23-24,27-30,41,43,45,54-56,61H,1-2,5-6,9-12,15-16,18,21-22,25-26,31-40,42,44H2,3H3,(H,62,70)(H,67,71)(H2,63,64,65,66)/b17-14+/t54-,55-,56-/m0/s1. The molecule has 0 saturated carbocycles. The average molecular weight is 1060 g/mol. The van der Waals surface area contributed by atoms with Crippen LogP contribution in [0, 0.1) is 5.92 Å². The lowest BCUT2D eigenvalue weighted by atomic mass is 9.94. The zero-order chi connectivity index (χ0) is 53.4. The number of fused-ring (bicyclic) bond motifs is 1. The molecule has 2 fully saturated rings. The van der Waals surface area contributed by atoms with E-state index in [1.807, 2.05) is 84.6 Å². The second-order valence-electron chi connectivity index (χ2n) is 19.5. The summed E-state index contributed by atoms with van der Waals surface area (Å²) in [6.07, 6.45) is 17.4. The number of ether oxygens (including phenoxy) is 4. The first-order valence-electron chi connectivity index (χ1n) is 27.3. The zero-order valence-corrected chi connectivity index (χ0v) is 45.6. The third-order valence-electron chi connectivity index (χ3n) is 13.2. The van der Waals surface area contributed by atoms with Gasteiger partial charge in [-0.2, -0.15) is 11.8 Å². The molecule has 0 aliphatic carbocycles. The van der Waals surface area contributed by atoms with Crippen molar-refractivity contribution in [1.82, 2.24) is 30.8 Å². The molecule has 0 bridgehead atoms. The van der Waals surface area contributed by atoms with E-state index in [1.54, 1.807) is 0 Å². The summed E-state index contributed by atoms with van der Waals surface area (Å²) in [6.45, 7) is 14.9. The number of hydrogen-bond donors (Lipinski definition) is 5. The fraction of sp³-hybridized carbons (Fsp3) is 0.483. The third-order valence-corrected chi connectivity index (χ3v) is 14.8. The Morgan fingerprint density at radius 3 is 2.17 bits per heavy atom. The minimum Gasteiger partial charge on any atom is -0.457 e. The number of aromatic nitrogens is 2. The lowest BCUT2D eigenvalue weighted by molar-refractivity contribution is -0.121. The first-order valence-corrected chi connectivity index (χ1v) is 28.4. The van der Waals surface area contributed by atoms with Crippen LogP contribution in [0.3, 0.4) is 0 Å². The maximum absolute atomic E-state index is 12.5. The molecule has 6 rings (SSSR count). The van der Waals surface area contributed by atoms with Crippen LogP contribution in [0.5, 0.6) is 11.5 Å². The van der Waals surface area contributed by atoms with E-state index in [0.29, 0.717) is 106 Å². The molecule has 76 heavy (non-hydrogen) atoms. The second-order valence-corrected chi connectivity index (χ2v) is 20.8. The Kier molecular flexibility index (Phi) is 26.9. The van der Waals surface area contributed by atoms with E-state index >= 15 is 0 Å². The molecule has 16 heteroatoms. The molecule has 2 aliphatic heterocycles. The van der Waals surface area contributed by atoms with E-state index < -0.39 is 0 Å². The van der Waals surface area contributed by atoms with Gasteiger partial charge < -0.3 is 50.4 Å². The van der Waals surface area contributed by atoms with Gasteiger partial charge in [0.2, 0.25) is 11.8 Å². The highest BCUT2D eigenvalue weighted by molar-refractivity contribution is 8.00. The molecule has 410 valence electrons. The van der Waals surface area contributed by atoms with E-state index in [9.17, 15) is 14.4 Å². The third kappa shape index (κ3) is 23.5. The number of hydrogen-bond acceptors (Lipinski definition) is 14. The van der Waals surface area contributed by atoms with Crippen molar-refractivity contribution >= 4 is 57.9 Å². The molecule has 1 aromatic heterocycles. The van der Waals surface area contributed by atoms with Crippen molar-refractivity contribution in [3.8, 4) is 11.5 Å². The van der Waals surface area contributed by atoms with Crippen LogP contribution in [0.15, 0.2) is 122 Å². The average Bonchev–Trinajstić information content (AvgIpc) is 3.99. The number of allylic oxidation sites excluding steroid dienone is 3. The number of ketones is 1. The molecule has 4 aromatic rings. The first-order chi connectivity index (χ1) is 37.2. The quantitative estimate of drug-likeness (QED) is 0.0210. The van der Waals surface area contributed by atoms with Gasteiger partial charge in [-0.1, -0.05) is 68.5 Å². The van der Waals surface area contributed by atoms with Crippen LogP contribution < -0.4 is 31.3 Å². The molecule has 2 aliphatic rings. The van der Waals surface area contributed by atoms with Crippen molar-refractivity contribution in [2.24, 2.45) is 5.92 Å². The van der Waals surface area contributed by atoms with Gasteiger partial charge in [0.25, 0.3) is 0 Å². The van der Waals surface area contributed by atoms with Crippen LogP contribution in [0.4, 0.5) is 23.0 Å². The summed E-state index contributed by atoms with van der Waals surface area (Å²) in [5, 5.41) is 16.7. The van der Waals surface area contributed by atoms with Crippen molar-refractivity contribution in [2.45, 2.75) is 101 Å². The van der Waals surface area contributed by atoms with Crippen molar-refractivity contribution in [1.29, 1.82) is 0 Å². The van der Waals surface area contributed by atoms with E-state index in [2.05, 4.69) is 85.9 Å². The predicted octanol–water partition coefficient (Wildman–Crippen LogP) is 10.8. The summed E-state index contributed by atoms with van der Waals surface area (Å²) in [6, 6.07) is 27.8. The molecule has 15 nitrogen and oxygen atoms in total.